The standard InChI is InChI=1S/C21H21N3O3/c1-24(13-16-12-19(23-27-16)14-7-3-2-4-8-14)21(26)17-11-15-9-5-6-10-18(15)22-20(17)25/h2-4,7-8,11-12H,5-6,9-10,13H2,1H3,(H,22,25). The Bertz CT molecular complexity index is 1020. The molecule has 2 aromatic heterocycles. The highest BCUT2D eigenvalue weighted by molar-refractivity contribution is 5.93. The van der Waals surface area contributed by atoms with Gasteiger partial charge in [-0.05, 0) is 37.3 Å². The van der Waals surface area contributed by atoms with Crippen molar-refractivity contribution >= 4 is 5.91 Å². The van der Waals surface area contributed by atoms with Crippen molar-refractivity contribution in [2.45, 2.75) is 32.2 Å². The molecular weight excluding hydrogens is 342 g/mol. The van der Waals surface area contributed by atoms with Crippen molar-refractivity contribution < 1.29 is 9.32 Å². The number of pyridine rings is 1. The maximum atomic E-state index is 12.8. The fraction of sp³-hybridized carbons (Fsp3) is 0.286. The molecule has 1 aliphatic carbocycles. The third-order valence-corrected chi connectivity index (χ3v) is 4.94. The Morgan fingerprint density at radius 1 is 1.19 bits per heavy atom. The Morgan fingerprint density at radius 3 is 2.78 bits per heavy atom. The van der Waals surface area contributed by atoms with Crippen LogP contribution in [-0.2, 0) is 19.4 Å². The predicted octanol–water partition coefficient (Wildman–Crippen LogP) is 3.18. The van der Waals surface area contributed by atoms with E-state index in [1.807, 2.05) is 36.4 Å². The molecule has 6 heteroatoms. The van der Waals surface area contributed by atoms with E-state index in [1.165, 1.54) is 4.90 Å². The average molecular weight is 363 g/mol. The molecule has 0 saturated carbocycles. The van der Waals surface area contributed by atoms with Gasteiger partial charge in [-0.15, -0.1) is 0 Å². The minimum absolute atomic E-state index is 0.181. The van der Waals surface area contributed by atoms with E-state index in [0.29, 0.717) is 5.76 Å². The summed E-state index contributed by atoms with van der Waals surface area (Å²) in [5.74, 6) is 0.251. The third kappa shape index (κ3) is 3.56. The fourth-order valence-electron chi connectivity index (χ4n) is 3.48. The summed E-state index contributed by atoms with van der Waals surface area (Å²) in [6, 6.07) is 13.3. The Labute approximate surface area is 156 Å². The van der Waals surface area contributed by atoms with Crippen molar-refractivity contribution in [1.82, 2.24) is 15.0 Å². The van der Waals surface area contributed by atoms with Gasteiger partial charge in [0.2, 0.25) is 0 Å². The van der Waals surface area contributed by atoms with Gasteiger partial charge in [-0.2, -0.15) is 0 Å². The number of hydrogen-bond donors (Lipinski definition) is 1. The third-order valence-electron chi connectivity index (χ3n) is 4.94. The van der Waals surface area contributed by atoms with Crippen LogP contribution in [0.2, 0.25) is 0 Å². The first kappa shape index (κ1) is 17.3. The molecule has 3 aromatic rings. The molecule has 1 aromatic carbocycles. The summed E-state index contributed by atoms with van der Waals surface area (Å²) >= 11 is 0. The first-order valence-electron chi connectivity index (χ1n) is 9.13. The predicted molar refractivity (Wildman–Crippen MR) is 101 cm³/mol. The van der Waals surface area contributed by atoms with Crippen molar-refractivity contribution in [3.63, 3.8) is 0 Å². The Kier molecular flexibility index (Phi) is 4.62. The summed E-state index contributed by atoms with van der Waals surface area (Å²) in [6.07, 6.45) is 3.93. The van der Waals surface area contributed by atoms with Crippen LogP contribution in [0.25, 0.3) is 11.3 Å². The summed E-state index contributed by atoms with van der Waals surface area (Å²) in [6.45, 7) is 0.245. The van der Waals surface area contributed by atoms with Gasteiger partial charge in [-0.25, -0.2) is 0 Å². The second-order valence-corrected chi connectivity index (χ2v) is 6.93. The maximum absolute atomic E-state index is 12.8. The van der Waals surface area contributed by atoms with Gasteiger partial charge in [0.25, 0.3) is 11.5 Å². The molecule has 2 heterocycles. The zero-order valence-electron chi connectivity index (χ0n) is 15.2. The number of aryl methyl sites for hydroxylation is 2. The molecule has 1 amide bonds. The zero-order chi connectivity index (χ0) is 18.8. The number of fused-ring (bicyclic) bond motifs is 1. The molecule has 0 bridgehead atoms. The van der Waals surface area contributed by atoms with Crippen LogP contribution in [0.15, 0.2) is 51.8 Å². The van der Waals surface area contributed by atoms with Gasteiger partial charge in [-0.1, -0.05) is 35.5 Å². The SMILES string of the molecule is CN(Cc1cc(-c2ccccc2)no1)C(=O)c1cc2c([nH]c1=O)CCCC2. The smallest absolute Gasteiger partial charge is 0.261 e. The van der Waals surface area contributed by atoms with Gasteiger partial charge in [0.1, 0.15) is 11.3 Å². The van der Waals surface area contributed by atoms with Gasteiger partial charge in [0.05, 0.1) is 6.54 Å². The van der Waals surface area contributed by atoms with Gasteiger partial charge in [0.15, 0.2) is 5.76 Å². The number of carbonyl (C=O) groups excluding carboxylic acids is 1. The number of hydrogen-bond acceptors (Lipinski definition) is 4. The molecule has 1 aliphatic rings. The number of benzene rings is 1. The molecule has 0 aliphatic heterocycles. The summed E-state index contributed by atoms with van der Waals surface area (Å²) in [5, 5.41) is 4.07. The molecule has 0 spiro atoms. The van der Waals surface area contributed by atoms with E-state index in [9.17, 15) is 9.59 Å². The van der Waals surface area contributed by atoms with E-state index in [4.69, 9.17) is 4.52 Å². The molecule has 27 heavy (non-hydrogen) atoms. The monoisotopic (exact) mass is 363 g/mol. The Balaban J connectivity index is 1.52. The summed E-state index contributed by atoms with van der Waals surface area (Å²) in [7, 11) is 1.66. The molecule has 0 radical (unpaired) electrons. The van der Waals surface area contributed by atoms with E-state index < -0.39 is 0 Å². The average Bonchev–Trinajstić information content (AvgIpc) is 3.16. The largest absolute Gasteiger partial charge is 0.359 e. The van der Waals surface area contributed by atoms with Crippen molar-refractivity contribution in [3.05, 3.63) is 75.4 Å². The van der Waals surface area contributed by atoms with Gasteiger partial charge in [0, 0.05) is 24.4 Å². The number of nitrogens with zero attached hydrogens (tertiary/aromatic N) is 2. The van der Waals surface area contributed by atoms with Crippen LogP contribution in [0.3, 0.4) is 0 Å². The van der Waals surface area contributed by atoms with E-state index in [-0.39, 0.29) is 23.6 Å². The van der Waals surface area contributed by atoms with Crippen LogP contribution < -0.4 is 5.56 Å². The number of aromatic amines is 1. The minimum Gasteiger partial charge on any atom is -0.359 e. The van der Waals surface area contributed by atoms with Crippen LogP contribution in [0, 0.1) is 0 Å². The topological polar surface area (TPSA) is 79.2 Å². The highest BCUT2D eigenvalue weighted by atomic mass is 16.5. The first-order valence-corrected chi connectivity index (χ1v) is 9.13. The number of H-pyrrole nitrogens is 1. The van der Waals surface area contributed by atoms with Crippen LogP contribution in [0.1, 0.15) is 40.2 Å². The van der Waals surface area contributed by atoms with Crippen LogP contribution in [0.5, 0.6) is 0 Å². The molecule has 138 valence electrons. The molecule has 1 N–H and O–H groups in total. The highest BCUT2D eigenvalue weighted by Crippen LogP contribution is 2.21. The lowest BCUT2D eigenvalue weighted by molar-refractivity contribution is 0.0770. The number of amides is 1. The quantitative estimate of drug-likeness (QED) is 0.772. The second-order valence-electron chi connectivity index (χ2n) is 6.93. The fourth-order valence-corrected chi connectivity index (χ4v) is 3.48. The highest BCUT2D eigenvalue weighted by Gasteiger charge is 2.21. The molecule has 6 nitrogen and oxygen atoms in total. The first-order chi connectivity index (χ1) is 13.1. The van der Waals surface area contributed by atoms with Crippen LogP contribution in [0.4, 0.5) is 0 Å². The van der Waals surface area contributed by atoms with Gasteiger partial charge in [-0.3, -0.25) is 9.59 Å². The van der Waals surface area contributed by atoms with E-state index in [0.717, 1.165) is 48.2 Å². The lowest BCUT2D eigenvalue weighted by atomic mass is 9.95. The van der Waals surface area contributed by atoms with E-state index in [1.54, 1.807) is 13.1 Å². The zero-order valence-corrected chi connectivity index (χ0v) is 15.2. The molecule has 0 saturated heterocycles. The lowest BCUT2D eigenvalue weighted by Crippen LogP contribution is -2.32. The normalized spacial score (nSPS) is 13.2. The number of aromatic nitrogens is 2. The Morgan fingerprint density at radius 2 is 1.96 bits per heavy atom. The molecule has 4 rings (SSSR count). The summed E-state index contributed by atoms with van der Waals surface area (Å²) in [4.78, 5) is 29.5. The van der Waals surface area contributed by atoms with Crippen molar-refractivity contribution in [3.8, 4) is 11.3 Å². The van der Waals surface area contributed by atoms with Crippen LogP contribution >= 0.6 is 0 Å². The maximum Gasteiger partial charge on any atom is 0.261 e. The van der Waals surface area contributed by atoms with Crippen molar-refractivity contribution in [2.75, 3.05) is 7.05 Å². The van der Waals surface area contributed by atoms with E-state index in [2.05, 4.69) is 10.1 Å². The minimum atomic E-state index is -0.324. The molecular formula is C21H21N3O3. The Hall–Kier alpha value is -3.15. The lowest BCUT2D eigenvalue weighted by Gasteiger charge is -2.18. The number of carbonyl (C=O) groups is 1. The second kappa shape index (κ2) is 7.23. The number of rotatable bonds is 4. The summed E-state index contributed by atoms with van der Waals surface area (Å²) in [5.41, 5.74) is 3.57. The number of nitrogens with one attached hydrogen (secondary N) is 1. The van der Waals surface area contributed by atoms with Gasteiger partial charge >= 0.3 is 0 Å². The van der Waals surface area contributed by atoms with Crippen LogP contribution in [-0.4, -0.2) is 28.0 Å². The van der Waals surface area contributed by atoms with E-state index >= 15 is 0 Å². The van der Waals surface area contributed by atoms with Crippen molar-refractivity contribution in [2.24, 2.45) is 0 Å². The molecule has 0 atom stereocenters. The summed E-state index contributed by atoms with van der Waals surface area (Å²) < 4.78 is 5.37. The van der Waals surface area contributed by atoms with Crippen molar-refractivity contribution in [1.29, 1.82) is 0 Å². The van der Waals surface area contributed by atoms with Gasteiger partial charge < -0.3 is 14.4 Å². The molecule has 0 unspecified atom stereocenters. The molecule has 0 fully saturated rings.